The molecule has 35 heavy (non-hydrogen) atoms. The van der Waals surface area contributed by atoms with E-state index >= 15 is 0 Å². The van der Waals surface area contributed by atoms with Crippen LogP contribution in [0.5, 0.6) is 0 Å². The van der Waals surface area contributed by atoms with Gasteiger partial charge in [-0.05, 0) is 80.1 Å². The SMILES string of the molecule is C[C@@H](NC(=O)C1CCC(NS(=O)(=O)c2ccc(-c3cccnc3F)cc2)CC1)c1ccc(F)cc1. The third-order valence-corrected chi connectivity index (χ3v) is 7.92. The topological polar surface area (TPSA) is 88.2 Å². The Balaban J connectivity index is 1.31. The molecule has 1 aliphatic carbocycles. The average molecular weight is 500 g/mol. The van der Waals surface area contributed by atoms with Crippen LogP contribution < -0.4 is 10.0 Å². The maximum atomic E-state index is 13.9. The molecular formula is C26H27F2N3O3S. The number of rotatable bonds is 7. The molecule has 2 N–H and O–H groups in total. The molecule has 1 atom stereocenters. The van der Waals surface area contributed by atoms with E-state index in [0.29, 0.717) is 36.8 Å². The number of halogens is 2. The van der Waals surface area contributed by atoms with Crippen LogP contribution in [0.1, 0.15) is 44.2 Å². The molecule has 1 amide bonds. The highest BCUT2D eigenvalue weighted by Crippen LogP contribution is 2.28. The van der Waals surface area contributed by atoms with Crippen molar-refractivity contribution < 1.29 is 22.0 Å². The van der Waals surface area contributed by atoms with Crippen molar-refractivity contribution in [1.29, 1.82) is 0 Å². The second-order valence-electron chi connectivity index (χ2n) is 8.82. The van der Waals surface area contributed by atoms with Crippen molar-refractivity contribution in [2.75, 3.05) is 0 Å². The summed E-state index contributed by atoms with van der Waals surface area (Å²) in [5.74, 6) is -1.23. The summed E-state index contributed by atoms with van der Waals surface area (Å²) in [5, 5.41) is 2.97. The van der Waals surface area contributed by atoms with E-state index in [9.17, 15) is 22.0 Å². The third-order valence-electron chi connectivity index (χ3n) is 6.38. The summed E-state index contributed by atoms with van der Waals surface area (Å²) in [6, 6.07) is 14.7. The number of aromatic nitrogens is 1. The minimum atomic E-state index is -3.76. The van der Waals surface area contributed by atoms with Gasteiger partial charge < -0.3 is 5.32 Å². The van der Waals surface area contributed by atoms with Crippen LogP contribution in [0.15, 0.2) is 71.8 Å². The highest BCUT2D eigenvalue weighted by molar-refractivity contribution is 7.89. The van der Waals surface area contributed by atoms with Crippen LogP contribution in [0.3, 0.4) is 0 Å². The van der Waals surface area contributed by atoms with Crippen molar-refractivity contribution in [3.05, 3.63) is 84.2 Å². The highest BCUT2D eigenvalue weighted by atomic mass is 32.2. The van der Waals surface area contributed by atoms with Crippen LogP contribution >= 0.6 is 0 Å². The fourth-order valence-corrected chi connectivity index (χ4v) is 5.65. The van der Waals surface area contributed by atoms with E-state index in [2.05, 4.69) is 15.0 Å². The number of carbonyl (C=O) groups is 1. The molecule has 184 valence electrons. The summed E-state index contributed by atoms with van der Waals surface area (Å²) in [6.45, 7) is 1.85. The lowest BCUT2D eigenvalue weighted by molar-refractivity contribution is -0.126. The zero-order valence-electron chi connectivity index (χ0n) is 19.2. The normalized spacial score (nSPS) is 19.2. The van der Waals surface area contributed by atoms with Gasteiger partial charge >= 0.3 is 0 Å². The number of nitrogens with zero attached hydrogens (tertiary/aromatic N) is 1. The smallest absolute Gasteiger partial charge is 0.240 e. The Hall–Kier alpha value is -3.17. The number of amides is 1. The predicted molar refractivity (Wildman–Crippen MR) is 129 cm³/mol. The van der Waals surface area contributed by atoms with Crippen molar-refractivity contribution in [3.8, 4) is 11.1 Å². The minimum absolute atomic E-state index is 0.0821. The molecule has 1 fully saturated rings. The lowest BCUT2D eigenvalue weighted by atomic mass is 9.85. The molecule has 0 unspecified atom stereocenters. The van der Waals surface area contributed by atoms with Gasteiger partial charge in [-0.15, -0.1) is 0 Å². The van der Waals surface area contributed by atoms with E-state index in [1.807, 2.05) is 6.92 Å². The van der Waals surface area contributed by atoms with Crippen LogP contribution in [0.2, 0.25) is 0 Å². The van der Waals surface area contributed by atoms with Gasteiger partial charge in [0.15, 0.2) is 0 Å². The Labute approximate surface area is 203 Å². The van der Waals surface area contributed by atoms with E-state index in [0.717, 1.165) is 5.56 Å². The van der Waals surface area contributed by atoms with Gasteiger partial charge in [-0.2, -0.15) is 4.39 Å². The predicted octanol–water partition coefficient (Wildman–Crippen LogP) is 4.74. The summed E-state index contributed by atoms with van der Waals surface area (Å²) in [6.07, 6.45) is 3.57. The van der Waals surface area contributed by atoms with E-state index in [4.69, 9.17) is 0 Å². The van der Waals surface area contributed by atoms with Crippen LogP contribution in [0.4, 0.5) is 8.78 Å². The van der Waals surface area contributed by atoms with Crippen molar-refractivity contribution >= 4 is 15.9 Å². The Morgan fingerprint density at radius 3 is 2.26 bits per heavy atom. The standard InChI is InChI=1S/C26H27F2N3O3S/c1-17(18-4-10-21(27)11-5-18)30-26(32)20-6-12-22(13-7-20)31-35(33,34)23-14-8-19(9-15-23)24-3-2-16-29-25(24)28/h2-5,8-11,14-17,20,22,31H,6-7,12-13H2,1H3,(H,30,32)/t17-,20?,22?/m1/s1. The van der Waals surface area contributed by atoms with Crippen molar-refractivity contribution in [1.82, 2.24) is 15.0 Å². The largest absolute Gasteiger partial charge is 0.349 e. The first kappa shape index (κ1) is 24.9. The molecule has 2 aromatic carbocycles. The van der Waals surface area contributed by atoms with Gasteiger partial charge in [0, 0.05) is 23.7 Å². The molecule has 0 spiro atoms. The van der Waals surface area contributed by atoms with Gasteiger partial charge in [-0.1, -0.05) is 24.3 Å². The quantitative estimate of drug-likeness (QED) is 0.460. The Morgan fingerprint density at radius 1 is 0.971 bits per heavy atom. The van der Waals surface area contributed by atoms with E-state index in [1.54, 1.807) is 36.4 Å². The molecule has 1 heterocycles. The first-order valence-corrected chi connectivity index (χ1v) is 13.0. The Morgan fingerprint density at radius 2 is 1.63 bits per heavy atom. The van der Waals surface area contributed by atoms with Gasteiger partial charge in [-0.3, -0.25) is 4.79 Å². The molecule has 1 saturated carbocycles. The van der Waals surface area contributed by atoms with Gasteiger partial charge in [0.2, 0.25) is 21.9 Å². The maximum absolute atomic E-state index is 13.9. The van der Waals surface area contributed by atoms with E-state index in [-0.39, 0.29) is 34.6 Å². The lowest BCUT2D eigenvalue weighted by Gasteiger charge is -2.29. The molecule has 0 bridgehead atoms. The van der Waals surface area contributed by atoms with Crippen molar-refractivity contribution in [3.63, 3.8) is 0 Å². The zero-order chi connectivity index (χ0) is 25.0. The fraction of sp³-hybridized carbons (Fsp3) is 0.308. The number of hydrogen-bond donors (Lipinski definition) is 2. The summed E-state index contributed by atoms with van der Waals surface area (Å²) < 4.78 is 55.4. The highest BCUT2D eigenvalue weighted by Gasteiger charge is 2.29. The second kappa shape index (κ2) is 10.6. The van der Waals surface area contributed by atoms with E-state index < -0.39 is 16.0 Å². The molecule has 0 saturated heterocycles. The Kier molecular flexibility index (Phi) is 7.57. The molecule has 1 aromatic heterocycles. The van der Waals surface area contributed by atoms with Crippen LogP contribution in [0, 0.1) is 17.7 Å². The summed E-state index contributed by atoms with van der Waals surface area (Å²) in [7, 11) is -3.76. The molecule has 4 rings (SSSR count). The molecule has 3 aromatic rings. The zero-order valence-corrected chi connectivity index (χ0v) is 20.1. The van der Waals surface area contributed by atoms with Gasteiger partial charge in [0.05, 0.1) is 10.9 Å². The number of sulfonamides is 1. The lowest BCUT2D eigenvalue weighted by Crippen LogP contribution is -2.41. The first-order valence-electron chi connectivity index (χ1n) is 11.5. The van der Waals surface area contributed by atoms with Crippen molar-refractivity contribution in [2.24, 2.45) is 5.92 Å². The monoisotopic (exact) mass is 499 g/mol. The molecule has 1 aliphatic rings. The second-order valence-corrected chi connectivity index (χ2v) is 10.5. The average Bonchev–Trinajstić information content (AvgIpc) is 2.85. The summed E-state index contributed by atoms with van der Waals surface area (Å²) in [5.41, 5.74) is 1.66. The molecule has 0 radical (unpaired) electrons. The van der Waals surface area contributed by atoms with Crippen molar-refractivity contribution in [2.45, 2.75) is 49.6 Å². The Bertz CT molecular complexity index is 1270. The van der Waals surface area contributed by atoms with E-state index in [1.165, 1.54) is 30.5 Å². The molecule has 6 nitrogen and oxygen atoms in total. The number of carbonyl (C=O) groups excluding carboxylic acids is 1. The van der Waals surface area contributed by atoms with Crippen LogP contribution in [-0.2, 0) is 14.8 Å². The maximum Gasteiger partial charge on any atom is 0.240 e. The van der Waals surface area contributed by atoms with Crippen LogP contribution in [-0.4, -0.2) is 25.4 Å². The number of pyridine rings is 1. The molecule has 0 aliphatic heterocycles. The number of benzene rings is 2. The third kappa shape index (κ3) is 6.10. The fourth-order valence-electron chi connectivity index (χ4n) is 4.34. The molecule has 9 heteroatoms. The van der Waals surface area contributed by atoms with Gasteiger partial charge in [-0.25, -0.2) is 22.5 Å². The van der Waals surface area contributed by atoms with Gasteiger partial charge in [0.1, 0.15) is 5.82 Å². The van der Waals surface area contributed by atoms with Gasteiger partial charge in [0.25, 0.3) is 0 Å². The summed E-state index contributed by atoms with van der Waals surface area (Å²) >= 11 is 0. The first-order chi connectivity index (χ1) is 16.7. The minimum Gasteiger partial charge on any atom is -0.349 e. The van der Waals surface area contributed by atoms with Crippen LogP contribution in [0.25, 0.3) is 11.1 Å². The summed E-state index contributed by atoms with van der Waals surface area (Å²) in [4.78, 5) is 16.4. The number of hydrogen-bond acceptors (Lipinski definition) is 4. The molecular weight excluding hydrogens is 472 g/mol. The number of nitrogens with one attached hydrogen (secondary N) is 2.